The third kappa shape index (κ3) is 3.23. The van der Waals surface area contributed by atoms with Crippen LogP contribution in [0, 0.1) is 5.92 Å². The van der Waals surface area contributed by atoms with Gasteiger partial charge in [-0.3, -0.25) is 9.59 Å². The number of hydrogen-bond acceptors (Lipinski definition) is 3. The number of carbonyl (C=O) groups excluding carboxylic acids is 2. The Labute approximate surface area is 126 Å². The number of ether oxygens (including phenoxy) is 1. The Morgan fingerprint density at radius 2 is 2.05 bits per heavy atom. The highest BCUT2D eigenvalue weighted by Crippen LogP contribution is 2.32. The standard InChI is InChI=1S/C16H26N2O3/c19-14-5-10-18(9-4-13-6-11-21-12-13)15(20)16(17-14)7-2-1-3-8-16/h13H,1-12H2,(H,17,19). The summed E-state index contributed by atoms with van der Waals surface area (Å²) < 4.78 is 5.41. The first-order chi connectivity index (χ1) is 10.2. The fourth-order valence-electron chi connectivity index (χ4n) is 3.88. The van der Waals surface area contributed by atoms with Crippen molar-refractivity contribution in [2.24, 2.45) is 5.92 Å². The van der Waals surface area contributed by atoms with E-state index in [1.807, 2.05) is 4.90 Å². The van der Waals surface area contributed by atoms with E-state index in [-0.39, 0.29) is 11.8 Å². The molecule has 0 aromatic carbocycles. The summed E-state index contributed by atoms with van der Waals surface area (Å²) in [6.07, 6.45) is 7.40. The number of rotatable bonds is 3. The van der Waals surface area contributed by atoms with Crippen molar-refractivity contribution in [3.63, 3.8) is 0 Å². The summed E-state index contributed by atoms with van der Waals surface area (Å²) in [7, 11) is 0. The molecule has 3 rings (SSSR count). The molecule has 118 valence electrons. The van der Waals surface area contributed by atoms with Crippen molar-refractivity contribution in [2.75, 3.05) is 26.3 Å². The molecule has 0 bridgehead atoms. The SMILES string of the molecule is O=C1CCN(CCC2CCOC2)C(=O)C2(CCCCC2)N1. The quantitative estimate of drug-likeness (QED) is 0.857. The molecule has 21 heavy (non-hydrogen) atoms. The minimum absolute atomic E-state index is 0.0388. The van der Waals surface area contributed by atoms with Crippen molar-refractivity contribution >= 4 is 11.8 Å². The van der Waals surface area contributed by atoms with Crippen molar-refractivity contribution in [2.45, 2.75) is 56.9 Å². The van der Waals surface area contributed by atoms with Crippen LogP contribution in [0.4, 0.5) is 0 Å². The van der Waals surface area contributed by atoms with Crippen molar-refractivity contribution in [3.05, 3.63) is 0 Å². The number of carbonyl (C=O) groups is 2. The highest BCUT2D eigenvalue weighted by atomic mass is 16.5. The fraction of sp³-hybridized carbons (Fsp3) is 0.875. The molecule has 1 unspecified atom stereocenters. The molecular weight excluding hydrogens is 268 g/mol. The lowest BCUT2D eigenvalue weighted by atomic mass is 9.80. The first-order valence-corrected chi connectivity index (χ1v) is 8.38. The Morgan fingerprint density at radius 3 is 2.76 bits per heavy atom. The number of nitrogens with zero attached hydrogens (tertiary/aromatic N) is 1. The zero-order valence-electron chi connectivity index (χ0n) is 12.7. The minimum atomic E-state index is -0.599. The van der Waals surface area contributed by atoms with Gasteiger partial charge in [0.1, 0.15) is 5.54 Å². The zero-order valence-corrected chi connectivity index (χ0v) is 12.7. The topological polar surface area (TPSA) is 58.6 Å². The number of hydrogen-bond donors (Lipinski definition) is 1. The van der Waals surface area contributed by atoms with Crippen LogP contribution in [-0.4, -0.2) is 48.6 Å². The summed E-state index contributed by atoms with van der Waals surface area (Å²) >= 11 is 0. The van der Waals surface area contributed by atoms with Gasteiger partial charge in [-0.25, -0.2) is 0 Å². The monoisotopic (exact) mass is 294 g/mol. The molecule has 1 atom stereocenters. The average molecular weight is 294 g/mol. The highest BCUT2D eigenvalue weighted by molar-refractivity contribution is 5.93. The Morgan fingerprint density at radius 1 is 1.24 bits per heavy atom. The van der Waals surface area contributed by atoms with Crippen LogP contribution in [-0.2, 0) is 14.3 Å². The fourth-order valence-corrected chi connectivity index (χ4v) is 3.88. The molecule has 2 aliphatic heterocycles. The van der Waals surface area contributed by atoms with E-state index in [4.69, 9.17) is 4.74 Å². The molecule has 5 heteroatoms. The van der Waals surface area contributed by atoms with Gasteiger partial charge in [0, 0.05) is 32.7 Å². The molecule has 0 aromatic heterocycles. The van der Waals surface area contributed by atoms with Gasteiger partial charge in [-0.05, 0) is 31.6 Å². The second-order valence-electron chi connectivity index (χ2n) is 6.75. The summed E-state index contributed by atoms with van der Waals surface area (Å²) in [4.78, 5) is 26.9. The molecular formula is C16H26N2O3. The largest absolute Gasteiger partial charge is 0.381 e. The molecule has 0 radical (unpaired) electrons. The van der Waals surface area contributed by atoms with Gasteiger partial charge >= 0.3 is 0 Å². The normalized spacial score (nSPS) is 29.5. The van der Waals surface area contributed by atoms with Gasteiger partial charge in [0.2, 0.25) is 11.8 Å². The Bertz CT molecular complexity index is 398. The van der Waals surface area contributed by atoms with Crippen LogP contribution in [0.2, 0.25) is 0 Å². The van der Waals surface area contributed by atoms with Crippen LogP contribution in [0.5, 0.6) is 0 Å². The van der Waals surface area contributed by atoms with Gasteiger partial charge in [0.15, 0.2) is 0 Å². The predicted molar refractivity (Wildman–Crippen MR) is 78.7 cm³/mol. The Hall–Kier alpha value is -1.10. The van der Waals surface area contributed by atoms with Gasteiger partial charge in [-0.15, -0.1) is 0 Å². The van der Waals surface area contributed by atoms with Gasteiger partial charge in [-0.2, -0.15) is 0 Å². The lowest BCUT2D eigenvalue weighted by Crippen LogP contribution is -2.58. The molecule has 3 aliphatic rings. The van der Waals surface area contributed by atoms with Crippen molar-refractivity contribution in [1.29, 1.82) is 0 Å². The van der Waals surface area contributed by atoms with Crippen LogP contribution in [0.25, 0.3) is 0 Å². The Kier molecular flexibility index (Phi) is 4.48. The van der Waals surface area contributed by atoms with E-state index in [0.717, 1.165) is 58.3 Å². The van der Waals surface area contributed by atoms with E-state index in [1.165, 1.54) is 6.42 Å². The maximum atomic E-state index is 13.0. The first-order valence-electron chi connectivity index (χ1n) is 8.38. The van der Waals surface area contributed by atoms with Crippen molar-refractivity contribution in [3.8, 4) is 0 Å². The maximum Gasteiger partial charge on any atom is 0.248 e. The molecule has 1 aliphatic carbocycles. The van der Waals surface area contributed by atoms with E-state index >= 15 is 0 Å². The summed E-state index contributed by atoms with van der Waals surface area (Å²) in [6, 6.07) is 0. The molecule has 5 nitrogen and oxygen atoms in total. The van der Waals surface area contributed by atoms with E-state index in [1.54, 1.807) is 0 Å². The predicted octanol–water partition coefficient (Wildman–Crippen LogP) is 1.46. The van der Waals surface area contributed by atoms with Crippen molar-refractivity contribution in [1.82, 2.24) is 10.2 Å². The van der Waals surface area contributed by atoms with Gasteiger partial charge < -0.3 is 15.0 Å². The number of nitrogens with one attached hydrogen (secondary N) is 1. The average Bonchev–Trinajstić information content (AvgIpc) is 2.97. The molecule has 2 saturated heterocycles. The summed E-state index contributed by atoms with van der Waals surface area (Å²) in [5.41, 5.74) is -0.599. The summed E-state index contributed by atoms with van der Waals surface area (Å²) in [5.74, 6) is 0.774. The minimum Gasteiger partial charge on any atom is -0.381 e. The van der Waals surface area contributed by atoms with E-state index in [0.29, 0.717) is 18.9 Å². The highest BCUT2D eigenvalue weighted by Gasteiger charge is 2.44. The zero-order chi connectivity index (χ0) is 14.7. The molecule has 3 fully saturated rings. The van der Waals surface area contributed by atoms with Crippen LogP contribution in [0.3, 0.4) is 0 Å². The second-order valence-corrected chi connectivity index (χ2v) is 6.75. The van der Waals surface area contributed by atoms with Crippen LogP contribution in [0.1, 0.15) is 51.4 Å². The lowest BCUT2D eigenvalue weighted by molar-refractivity contribution is -0.140. The third-order valence-electron chi connectivity index (χ3n) is 5.22. The molecule has 1 spiro atoms. The van der Waals surface area contributed by atoms with Crippen molar-refractivity contribution < 1.29 is 14.3 Å². The van der Waals surface area contributed by atoms with Gasteiger partial charge in [0.25, 0.3) is 0 Å². The van der Waals surface area contributed by atoms with E-state index in [9.17, 15) is 9.59 Å². The molecule has 1 saturated carbocycles. The van der Waals surface area contributed by atoms with Crippen LogP contribution < -0.4 is 5.32 Å². The van der Waals surface area contributed by atoms with Crippen LogP contribution in [0.15, 0.2) is 0 Å². The number of amides is 2. The molecule has 2 amide bonds. The maximum absolute atomic E-state index is 13.0. The lowest BCUT2D eigenvalue weighted by Gasteiger charge is -2.38. The molecule has 1 N–H and O–H groups in total. The van der Waals surface area contributed by atoms with Gasteiger partial charge in [-0.1, -0.05) is 19.3 Å². The summed E-state index contributed by atoms with van der Waals surface area (Å²) in [5, 5.41) is 3.05. The Balaban J connectivity index is 1.67. The molecule has 2 heterocycles. The van der Waals surface area contributed by atoms with E-state index < -0.39 is 5.54 Å². The van der Waals surface area contributed by atoms with Crippen LogP contribution >= 0.6 is 0 Å². The smallest absolute Gasteiger partial charge is 0.248 e. The second kappa shape index (κ2) is 6.34. The molecule has 0 aromatic rings. The van der Waals surface area contributed by atoms with Gasteiger partial charge in [0.05, 0.1) is 0 Å². The van der Waals surface area contributed by atoms with E-state index in [2.05, 4.69) is 5.32 Å². The third-order valence-corrected chi connectivity index (χ3v) is 5.22. The first kappa shape index (κ1) is 14.8. The summed E-state index contributed by atoms with van der Waals surface area (Å²) in [6.45, 7) is 3.01.